The zero-order valence-corrected chi connectivity index (χ0v) is 10.8. The average Bonchev–Trinajstić information content (AvgIpc) is 2.18. The summed E-state index contributed by atoms with van der Waals surface area (Å²) in [4.78, 5) is 10.9. The maximum absolute atomic E-state index is 10.7. The number of sulfonamides is 1. The molecule has 0 aliphatic rings. The molecule has 0 saturated heterocycles. The molecule has 0 atom stereocenters. The minimum atomic E-state index is -3.48. The number of nitrogens with two attached hydrogens (primary N) is 1. The molecule has 0 amide bonds. The highest BCUT2D eigenvalue weighted by Gasteiger charge is 2.11. The van der Waals surface area contributed by atoms with Gasteiger partial charge in [0.1, 0.15) is 0 Å². The molecule has 1 aromatic rings. The Hall–Kier alpha value is -1.12. The summed E-state index contributed by atoms with van der Waals surface area (Å²) in [5.74, 6) is 0.123. The van der Waals surface area contributed by atoms with Crippen molar-refractivity contribution in [2.45, 2.75) is 11.8 Å². The molecule has 8 heteroatoms. The van der Waals surface area contributed by atoms with Crippen LogP contribution < -0.4 is 5.14 Å². The maximum atomic E-state index is 10.7. The molecule has 94 valence electrons. The largest absolute Gasteiger partial charge is 0.273 e. The molecule has 0 aliphatic heterocycles. The van der Waals surface area contributed by atoms with Crippen LogP contribution in [-0.4, -0.2) is 24.8 Å². The maximum Gasteiger partial charge on any atom is 0.273 e. The topological polar surface area (TPSA) is 103 Å². The molecule has 1 aromatic carbocycles. The lowest BCUT2D eigenvalue weighted by Gasteiger charge is -2.02. The summed E-state index contributed by atoms with van der Waals surface area (Å²) in [6.07, 6.45) is 0. The molecule has 0 bridgehead atoms. The van der Waals surface area contributed by atoms with E-state index >= 15 is 0 Å². The summed E-state index contributed by atoms with van der Waals surface area (Å²) in [7, 11) is -3.48. The van der Waals surface area contributed by atoms with E-state index in [1.54, 1.807) is 19.1 Å². The third kappa shape index (κ3) is 4.72. The smallest absolute Gasteiger partial charge is 0.258 e. The monoisotopic (exact) mass is 276 g/mol. The highest BCUT2D eigenvalue weighted by atomic mass is 32.2. The lowest BCUT2D eigenvalue weighted by Crippen LogP contribution is -2.17. The van der Waals surface area contributed by atoms with Gasteiger partial charge >= 0.3 is 0 Å². The highest BCUT2D eigenvalue weighted by Crippen LogP contribution is 2.25. The fraction of sp³-hybridized carbons (Fsp3) is 0.333. The van der Waals surface area contributed by atoms with Gasteiger partial charge in [-0.2, -0.15) is 0 Å². The van der Waals surface area contributed by atoms with Crippen LogP contribution in [0.3, 0.4) is 0 Å². The van der Waals surface area contributed by atoms with Gasteiger partial charge in [0.15, 0.2) is 0 Å². The Labute approximate surface area is 103 Å². The van der Waals surface area contributed by atoms with Crippen LogP contribution in [0.15, 0.2) is 23.1 Å². The lowest BCUT2D eigenvalue weighted by atomic mass is 10.2. The van der Waals surface area contributed by atoms with Crippen LogP contribution in [0.25, 0.3) is 0 Å². The van der Waals surface area contributed by atoms with Crippen molar-refractivity contribution in [1.29, 1.82) is 0 Å². The van der Waals surface area contributed by atoms with E-state index in [4.69, 9.17) is 5.14 Å². The molecule has 17 heavy (non-hydrogen) atoms. The van der Waals surface area contributed by atoms with Crippen molar-refractivity contribution in [3.05, 3.63) is 33.9 Å². The van der Waals surface area contributed by atoms with Crippen LogP contribution in [-0.2, 0) is 10.0 Å². The van der Waals surface area contributed by atoms with E-state index in [1.165, 1.54) is 17.8 Å². The highest BCUT2D eigenvalue weighted by molar-refractivity contribution is 8.00. The normalized spacial score (nSPS) is 11.4. The molecule has 1 rings (SSSR count). The molecule has 0 aromatic heterocycles. The van der Waals surface area contributed by atoms with Gasteiger partial charge in [0, 0.05) is 22.3 Å². The summed E-state index contributed by atoms with van der Waals surface area (Å²) in [5.41, 5.74) is 0.608. The van der Waals surface area contributed by atoms with Crippen LogP contribution in [0.4, 0.5) is 5.69 Å². The summed E-state index contributed by atoms with van der Waals surface area (Å²) < 4.78 is 21.4. The molecular formula is C9H12N2O4S2. The van der Waals surface area contributed by atoms with E-state index in [9.17, 15) is 18.5 Å². The number of rotatable bonds is 5. The van der Waals surface area contributed by atoms with Crippen LogP contribution in [0.5, 0.6) is 0 Å². The quantitative estimate of drug-likeness (QED) is 0.495. The van der Waals surface area contributed by atoms with Crippen molar-refractivity contribution in [3.63, 3.8) is 0 Å². The first-order chi connectivity index (χ1) is 7.79. The number of nitro benzene ring substituents is 1. The molecule has 6 nitrogen and oxygen atoms in total. The third-order valence-electron chi connectivity index (χ3n) is 2.01. The molecule has 0 fully saturated rings. The van der Waals surface area contributed by atoms with Crippen molar-refractivity contribution in [2.75, 3.05) is 11.5 Å². The molecule has 0 spiro atoms. The number of thioether (sulfide) groups is 1. The average molecular weight is 276 g/mol. The van der Waals surface area contributed by atoms with Crippen molar-refractivity contribution in [2.24, 2.45) is 5.14 Å². The minimum Gasteiger partial charge on any atom is -0.258 e. The summed E-state index contributed by atoms with van der Waals surface area (Å²) in [6, 6.07) is 4.79. The zero-order chi connectivity index (χ0) is 13.1. The standard InChI is InChI=1S/C9H12N2O4S2/c1-7-2-3-8(6-9(7)11(12)13)16-4-5-17(10,14)15/h2-3,6H,4-5H2,1H3,(H2,10,14,15). The number of nitrogens with zero attached hydrogens (tertiary/aromatic N) is 1. The molecule has 0 saturated carbocycles. The number of primary sulfonamides is 1. The number of hydrogen-bond acceptors (Lipinski definition) is 5. The molecule has 0 heterocycles. The van der Waals surface area contributed by atoms with Gasteiger partial charge in [0.2, 0.25) is 10.0 Å². The molecular weight excluding hydrogens is 264 g/mol. The second-order valence-electron chi connectivity index (χ2n) is 3.42. The molecule has 0 unspecified atom stereocenters. The van der Waals surface area contributed by atoms with E-state index in [2.05, 4.69) is 0 Å². The van der Waals surface area contributed by atoms with E-state index in [1.807, 2.05) is 0 Å². The Kier molecular flexibility index (Phi) is 4.49. The van der Waals surface area contributed by atoms with Crippen LogP contribution in [0.2, 0.25) is 0 Å². The lowest BCUT2D eigenvalue weighted by molar-refractivity contribution is -0.385. The summed E-state index contributed by atoms with van der Waals surface area (Å²) >= 11 is 1.22. The predicted molar refractivity (Wildman–Crippen MR) is 66.5 cm³/mol. The van der Waals surface area contributed by atoms with Crippen LogP contribution >= 0.6 is 11.8 Å². The van der Waals surface area contributed by atoms with Gasteiger partial charge in [-0.25, -0.2) is 13.6 Å². The van der Waals surface area contributed by atoms with Crippen molar-refractivity contribution < 1.29 is 13.3 Å². The minimum absolute atomic E-state index is 0.0330. The second-order valence-corrected chi connectivity index (χ2v) is 6.32. The van der Waals surface area contributed by atoms with Crippen molar-refractivity contribution in [3.8, 4) is 0 Å². The first kappa shape index (κ1) is 13.9. The SMILES string of the molecule is Cc1ccc(SCCS(N)(=O)=O)cc1[N+](=O)[O-]. The second kappa shape index (κ2) is 5.48. The van der Waals surface area contributed by atoms with Gasteiger partial charge < -0.3 is 0 Å². The summed E-state index contributed by atoms with van der Waals surface area (Å²) in [5, 5.41) is 15.5. The van der Waals surface area contributed by atoms with Crippen molar-refractivity contribution >= 4 is 27.5 Å². The number of nitro groups is 1. The van der Waals surface area contributed by atoms with Crippen LogP contribution in [0.1, 0.15) is 5.56 Å². The van der Waals surface area contributed by atoms with Gasteiger partial charge in [-0.15, -0.1) is 11.8 Å². The van der Waals surface area contributed by atoms with Gasteiger partial charge in [-0.3, -0.25) is 10.1 Å². The first-order valence-electron chi connectivity index (χ1n) is 4.68. The molecule has 0 aliphatic carbocycles. The fourth-order valence-corrected chi connectivity index (χ4v) is 3.01. The zero-order valence-electron chi connectivity index (χ0n) is 9.12. The Morgan fingerprint density at radius 1 is 1.47 bits per heavy atom. The van der Waals surface area contributed by atoms with E-state index in [-0.39, 0.29) is 17.2 Å². The first-order valence-corrected chi connectivity index (χ1v) is 7.38. The summed E-state index contributed by atoms with van der Waals surface area (Å²) in [6.45, 7) is 1.65. The van der Waals surface area contributed by atoms with E-state index in [0.717, 1.165) is 0 Å². The van der Waals surface area contributed by atoms with Gasteiger partial charge in [0.05, 0.1) is 10.7 Å². The van der Waals surface area contributed by atoms with Crippen LogP contribution in [0, 0.1) is 17.0 Å². The molecule has 2 N–H and O–H groups in total. The Morgan fingerprint density at radius 2 is 2.12 bits per heavy atom. The number of aryl methyl sites for hydroxylation is 1. The predicted octanol–water partition coefficient (Wildman–Crippen LogP) is 1.28. The number of hydrogen-bond donors (Lipinski definition) is 1. The van der Waals surface area contributed by atoms with E-state index < -0.39 is 14.9 Å². The van der Waals surface area contributed by atoms with Gasteiger partial charge in [-0.05, 0) is 13.0 Å². The Morgan fingerprint density at radius 3 is 2.65 bits per heavy atom. The van der Waals surface area contributed by atoms with Gasteiger partial charge in [0.25, 0.3) is 5.69 Å². The van der Waals surface area contributed by atoms with E-state index in [0.29, 0.717) is 10.5 Å². The van der Waals surface area contributed by atoms with Crippen molar-refractivity contribution in [1.82, 2.24) is 0 Å². The Bertz CT molecular complexity index is 528. The molecule has 0 radical (unpaired) electrons. The number of benzene rings is 1. The van der Waals surface area contributed by atoms with Gasteiger partial charge in [-0.1, -0.05) is 6.07 Å². The Balaban J connectivity index is 2.73. The third-order valence-corrected chi connectivity index (χ3v) is 4.04. The fourth-order valence-electron chi connectivity index (χ4n) is 1.15.